The van der Waals surface area contributed by atoms with Crippen LogP contribution in [0.2, 0.25) is 0 Å². The molecule has 0 aliphatic heterocycles. The van der Waals surface area contributed by atoms with Crippen LogP contribution in [0.4, 0.5) is 5.69 Å². The van der Waals surface area contributed by atoms with E-state index in [9.17, 15) is 18.0 Å². The maximum atomic E-state index is 14.7. The molecule has 0 radical (unpaired) electrons. The first-order chi connectivity index (χ1) is 22.7. The van der Waals surface area contributed by atoms with Crippen LogP contribution in [0.5, 0.6) is 5.75 Å². The Morgan fingerprint density at radius 3 is 2.13 bits per heavy atom. The van der Waals surface area contributed by atoms with Gasteiger partial charge in [-0.3, -0.25) is 13.9 Å². The number of sulfonamides is 1. The number of methoxy groups -OCH3 is 1. The first kappa shape index (κ1) is 33.7. The second kappa shape index (κ2) is 15.8. The van der Waals surface area contributed by atoms with E-state index in [1.165, 1.54) is 17.0 Å². The molecule has 1 aliphatic carbocycles. The minimum Gasteiger partial charge on any atom is -0.497 e. The number of anilines is 1. The number of rotatable bonds is 13. The Hall–Kier alpha value is -4.63. The van der Waals surface area contributed by atoms with E-state index in [0.717, 1.165) is 53.1 Å². The Balaban J connectivity index is 1.56. The van der Waals surface area contributed by atoms with Gasteiger partial charge in [-0.2, -0.15) is 0 Å². The molecule has 0 heterocycles. The molecule has 1 fully saturated rings. The number of aryl methyl sites for hydroxylation is 1. The third-order valence-electron chi connectivity index (χ3n) is 8.64. The molecule has 1 N–H and O–H groups in total. The van der Waals surface area contributed by atoms with E-state index in [4.69, 9.17) is 4.74 Å². The number of amides is 2. The zero-order chi connectivity index (χ0) is 33.2. The summed E-state index contributed by atoms with van der Waals surface area (Å²) in [5.41, 5.74) is 2.97. The highest BCUT2D eigenvalue weighted by atomic mass is 32.2. The summed E-state index contributed by atoms with van der Waals surface area (Å²) in [6.45, 7) is 1.50. The topological polar surface area (TPSA) is 96.0 Å². The van der Waals surface area contributed by atoms with E-state index in [-0.39, 0.29) is 29.8 Å². The molecule has 0 aromatic heterocycles. The number of benzene rings is 4. The number of ether oxygens (including phenoxy) is 1. The van der Waals surface area contributed by atoms with Gasteiger partial charge in [-0.1, -0.05) is 97.6 Å². The molecule has 0 saturated heterocycles. The molecule has 0 unspecified atom stereocenters. The summed E-state index contributed by atoms with van der Waals surface area (Å²) < 4.78 is 34.9. The van der Waals surface area contributed by atoms with Gasteiger partial charge in [0.1, 0.15) is 18.3 Å². The maximum Gasteiger partial charge on any atom is 0.264 e. The van der Waals surface area contributed by atoms with Crippen LogP contribution < -0.4 is 14.4 Å². The number of nitrogens with one attached hydrogen (secondary N) is 1. The highest BCUT2D eigenvalue weighted by molar-refractivity contribution is 7.92. The fourth-order valence-corrected chi connectivity index (χ4v) is 7.46. The van der Waals surface area contributed by atoms with Crippen LogP contribution in [-0.2, 0) is 32.6 Å². The quantitative estimate of drug-likeness (QED) is 0.183. The van der Waals surface area contributed by atoms with E-state index in [1.54, 1.807) is 37.4 Å². The SMILES string of the molecule is COc1cccc(CN(C(=O)CN(c2ccc(C)cc2)S(=O)(=O)c2ccccc2)[C@@H](Cc2ccccc2)C(=O)NC2CCCCC2)c1. The van der Waals surface area contributed by atoms with Crippen molar-refractivity contribution in [2.24, 2.45) is 0 Å². The van der Waals surface area contributed by atoms with Crippen LogP contribution in [0.15, 0.2) is 114 Å². The molecule has 4 aromatic rings. The van der Waals surface area contributed by atoms with Crippen molar-refractivity contribution >= 4 is 27.5 Å². The van der Waals surface area contributed by atoms with E-state index >= 15 is 0 Å². The fraction of sp³-hybridized carbons (Fsp3) is 0.316. The molecular formula is C38H43N3O5S. The van der Waals surface area contributed by atoms with Crippen molar-refractivity contribution in [1.29, 1.82) is 0 Å². The smallest absolute Gasteiger partial charge is 0.264 e. The van der Waals surface area contributed by atoms with Gasteiger partial charge in [-0.05, 0) is 67.3 Å². The van der Waals surface area contributed by atoms with Crippen LogP contribution in [0, 0.1) is 6.92 Å². The average Bonchev–Trinajstić information content (AvgIpc) is 3.10. The van der Waals surface area contributed by atoms with Gasteiger partial charge in [-0.15, -0.1) is 0 Å². The van der Waals surface area contributed by atoms with E-state index in [1.807, 2.05) is 73.7 Å². The van der Waals surface area contributed by atoms with Gasteiger partial charge >= 0.3 is 0 Å². The van der Waals surface area contributed by atoms with Crippen LogP contribution in [0.3, 0.4) is 0 Å². The lowest BCUT2D eigenvalue weighted by Crippen LogP contribution is -2.55. The molecule has 1 atom stereocenters. The lowest BCUT2D eigenvalue weighted by atomic mass is 9.94. The second-order valence-corrected chi connectivity index (χ2v) is 13.9. The summed E-state index contributed by atoms with van der Waals surface area (Å²) in [6, 6.07) is 31.2. The van der Waals surface area contributed by atoms with Crippen molar-refractivity contribution in [3.8, 4) is 5.75 Å². The summed E-state index contributed by atoms with van der Waals surface area (Å²) in [5.74, 6) is -0.119. The van der Waals surface area contributed by atoms with Crippen LogP contribution in [0.25, 0.3) is 0 Å². The number of hydrogen-bond donors (Lipinski definition) is 1. The Morgan fingerprint density at radius 1 is 0.830 bits per heavy atom. The minimum atomic E-state index is -4.14. The molecule has 5 rings (SSSR count). The summed E-state index contributed by atoms with van der Waals surface area (Å²) >= 11 is 0. The van der Waals surface area contributed by atoms with Gasteiger partial charge in [0.05, 0.1) is 17.7 Å². The molecular weight excluding hydrogens is 611 g/mol. The predicted octanol–water partition coefficient (Wildman–Crippen LogP) is 6.29. The van der Waals surface area contributed by atoms with Gasteiger partial charge in [-0.25, -0.2) is 8.42 Å². The van der Waals surface area contributed by atoms with Crippen molar-refractivity contribution in [3.05, 3.63) is 126 Å². The van der Waals surface area contributed by atoms with Crippen LogP contribution in [0.1, 0.15) is 48.8 Å². The van der Waals surface area contributed by atoms with Crippen molar-refractivity contribution < 1.29 is 22.7 Å². The number of carbonyl (C=O) groups is 2. The summed E-state index contributed by atoms with van der Waals surface area (Å²) in [7, 11) is -2.57. The highest BCUT2D eigenvalue weighted by Crippen LogP contribution is 2.26. The van der Waals surface area contributed by atoms with Gasteiger partial charge in [0.15, 0.2) is 0 Å². The van der Waals surface area contributed by atoms with E-state index in [0.29, 0.717) is 11.4 Å². The molecule has 4 aromatic carbocycles. The number of hydrogen-bond acceptors (Lipinski definition) is 5. The van der Waals surface area contributed by atoms with Crippen LogP contribution in [-0.4, -0.2) is 50.9 Å². The highest BCUT2D eigenvalue weighted by Gasteiger charge is 2.35. The van der Waals surface area contributed by atoms with Crippen LogP contribution >= 0.6 is 0 Å². The van der Waals surface area contributed by atoms with Crippen molar-refractivity contribution in [1.82, 2.24) is 10.2 Å². The van der Waals surface area contributed by atoms with Gasteiger partial charge < -0.3 is 15.0 Å². The molecule has 246 valence electrons. The monoisotopic (exact) mass is 653 g/mol. The average molecular weight is 654 g/mol. The molecule has 9 heteroatoms. The summed E-state index contributed by atoms with van der Waals surface area (Å²) in [4.78, 5) is 30.5. The summed E-state index contributed by atoms with van der Waals surface area (Å²) in [5, 5.41) is 3.24. The van der Waals surface area contributed by atoms with Gasteiger partial charge in [0.2, 0.25) is 11.8 Å². The Morgan fingerprint density at radius 2 is 1.47 bits per heavy atom. The standard InChI is InChI=1S/C38H43N3O5S/c1-29-21-23-33(24-22-29)41(47(44,45)35-19-10-5-11-20-35)28-37(42)40(27-31-15-12-18-34(25-31)46-2)36(26-30-13-6-3-7-14-30)38(43)39-32-16-8-4-9-17-32/h3,5-7,10-15,18-25,32,36H,4,8-9,16-17,26-28H2,1-2H3,(H,39,43)/t36-/m0/s1. The molecule has 0 bridgehead atoms. The third-order valence-corrected chi connectivity index (χ3v) is 10.4. The summed E-state index contributed by atoms with van der Waals surface area (Å²) in [6.07, 6.45) is 5.29. The maximum absolute atomic E-state index is 14.7. The second-order valence-electron chi connectivity index (χ2n) is 12.1. The molecule has 47 heavy (non-hydrogen) atoms. The number of nitrogens with zero attached hydrogens (tertiary/aromatic N) is 2. The zero-order valence-electron chi connectivity index (χ0n) is 27.0. The fourth-order valence-electron chi connectivity index (χ4n) is 6.03. The first-order valence-corrected chi connectivity index (χ1v) is 17.6. The third kappa shape index (κ3) is 8.80. The van der Waals surface area contributed by atoms with Crippen molar-refractivity contribution in [2.45, 2.75) is 69.0 Å². The number of carbonyl (C=O) groups excluding carboxylic acids is 2. The Labute approximate surface area is 278 Å². The Bertz CT molecular complexity index is 1720. The van der Waals surface area contributed by atoms with Crippen molar-refractivity contribution in [3.63, 3.8) is 0 Å². The van der Waals surface area contributed by atoms with E-state index < -0.39 is 28.5 Å². The normalized spacial score (nSPS) is 14.2. The lowest BCUT2D eigenvalue weighted by molar-refractivity contribution is -0.140. The minimum absolute atomic E-state index is 0.0332. The van der Waals surface area contributed by atoms with E-state index in [2.05, 4.69) is 5.32 Å². The largest absolute Gasteiger partial charge is 0.497 e. The predicted molar refractivity (Wildman–Crippen MR) is 185 cm³/mol. The molecule has 1 aliphatic rings. The Kier molecular flexibility index (Phi) is 11.3. The lowest BCUT2D eigenvalue weighted by Gasteiger charge is -2.35. The molecule has 1 saturated carbocycles. The molecule has 8 nitrogen and oxygen atoms in total. The first-order valence-electron chi connectivity index (χ1n) is 16.2. The van der Waals surface area contributed by atoms with Crippen molar-refractivity contribution in [2.75, 3.05) is 18.0 Å². The van der Waals surface area contributed by atoms with Gasteiger partial charge in [0, 0.05) is 19.0 Å². The molecule has 2 amide bonds. The molecule has 0 spiro atoms. The zero-order valence-corrected chi connectivity index (χ0v) is 27.9. The van der Waals surface area contributed by atoms with Gasteiger partial charge in [0.25, 0.3) is 10.0 Å².